The van der Waals surface area contributed by atoms with Crippen LogP contribution in [-0.2, 0) is 42.3 Å². The van der Waals surface area contributed by atoms with Crippen molar-refractivity contribution in [2.45, 2.75) is 19.4 Å². The second-order valence-corrected chi connectivity index (χ2v) is 5.98. The zero-order chi connectivity index (χ0) is 21.8. The van der Waals surface area contributed by atoms with Gasteiger partial charge < -0.3 is 11.3 Å². The first-order valence-electron chi connectivity index (χ1n) is 8.51. The van der Waals surface area contributed by atoms with Crippen molar-refractivity contribution in [3.05, 3.63) is 113 Å². The fourth-order valence-corrected chi connectivity index (χ4v) is 1.65. The number of hydrogen-bond donors (Lipinski definition) is 0. The number of hydrogen-bond acceptors (Lipinski definition) is 6. The van der Waals surface area contributed by atoms with Gasteiger partial charge in [0.2, 0.25) is 0 Å². The van der Waals surface area contributed by atoms with Crippen molar-refractivity contribution in [2.75, 3.05) is 0 Å². The predicted molar refractivity (Wildman–Crippen MR) is 97.3 cm³/mol. The molecule has 30 heavy (non-hydrogen) atoms. The maximum atomic E-state index is 11.1. The first-order valence-corrected chi connectivity index (χ1v) is 9.74. The SMILES string of the molecule is [CH-]=CCCC(=O)OCc1ccccc1.[CH]1[CH][CH][CH][CH]1.[CH]1[CH][CH][CH][CH]1.[O-][Cl+3]([O-])([O-])[O-].[Zr+2]. The fourth-order valence-electron chi connectivity index (χ4n) is 1.65. The summed E-state index contributed by atoms with van der Waals surface area (Å²) < 4.78 is 39.0. The van der Waals surface area contributed by atoms with Gasteiger partial charge in [0.05, 0.1) is 0 Å². The molecule has 0 aromatic heterocycles. The van der Waals surface area contributed by atoms with Crippen LogP contribution in [0, 0.1) is 81.0 Å². The van der Waals surface area contributed by atoms with Crippen LogP contribution in [0.2, 0.25) is 0 Å². The van der Waals surface area contributed by atoms with Crippen LogP contribution in [0.15, 0.2) is 36.4 Å². The first kappa shape index (κ1) is 31.6. The van der Waals surface area contributed by atoms with Gasteiger partial charge in [-0.3, -0.25) is 10.9 Å². The third-order valence-corrected chi connectivity index (χ3v) is 2.87. The van der Waals surface area contributed by atoms with E-state index in [0.717, 1.165) is 5.56 Å². The maximum Gasteiger partial charge on any atom is 2.00 e. The molecule has 0 saturated heterocycles. The minimum absolute atomic E-state index is 0. The predicted octanol–water partition coefficient (Wildman–Crippen LogP) is -0.216. The van der Waals surface area contributed by atoms with E-state index in [1.165, 1.54) is 6.08 Å². The van der Waals surface area contributed by atoms with E-state index in [0.29, 0.717) is 19.4 Å². The van der Waals surface area contributed by atoms with Crippen molar-refractivity contribution < 1.29 is 64.6 Å². The molecule has 6 nitrogen and oxygen atoms in total. The van der Waals surface area contributed by atoms with Gasteiger partial charge in [0, 0.05) is 6.42 Å². The maximum absolute atomic E-state index is 11.1. The molecule has 3 rings (SSSR count). The molecule has 2 saturated carbocycles. The number of rotatable bonds is 5. The summed E-state index contributed by atoms with van der Waals surface area (Å²) in [6, 6.07) is 9.59. The van der Waals surface area contributed by atoms with Crippen LogP contribution < -0.4 is 18.6 Å². The van der Waals surface area contributed by atoms with Gasteiger partial charge in [-0.25, -0.2) is 18.6 Å². The third-order valence-electron chi connectivity index (χ3n) is 2.87. The molecule has 2 aliphatic rings. The Morgan fingerprint density at radius 3 is 1.53 bits per heavy atom. The zero-order valence-corrected chi connectivity index (χ0v) is 19.5. The molecule has 2 aliphatic carbocycles. The van der Waals surface area contributed by atoms with Gasteiger partial charge in [-0.15, -0.1) is 10.2 Å². The van der Waals surface area contributed by atoms with Crippen LogP contribution in [0.3, 0.4) is 0 Å². The number of esters is 1. The smallest absolute Gasteiger partial charge is 0.518 e. The molecule has 0 heterocycles. The van der Waals surface area contributed by atoms with Gasteiger partial charge >= 0.3 is 32.2 Å². The summed E-state index contributed by atoms with van der Waals surface area (Å²) in [5, 5.41) is 0. The van der Waals surface area contributed by atoms with Gasteiger partial charge in [-0.1, -0.05) is 36.8 Å². The second kappa shape index (κ2) is 21.7. The molecule has 0 spiro atoms. The molecule has 0 unspecified atom stereocenters. The number of carbonyl (C=O) groups is 1. The van der Waals surface area contributed by atoms with Crippen LogP contribution in [0.4, 0.5) is 0 Å². The second-order valence-electron chi connectivity index (χ2n) is 5.22. The van der Waals surface area contributed by atoms with Gasteiger partial charge in [0.1, 0.15) is 6.61 Å². The number of ether oxygens (including phenoxy) is 1. The van der Waals surface area contributed by atoms with Crippen LogP contribution in [0.25, 0.3) is 0 Å². The summed E-state index contributed by atoms with van der Waals surface area (Å²) in [5.74, 6) is -0.212. The summed E-state index contributed by atoms with van der Waals surface area (Å²) in [4.78, 5) is 11.1. The van der Waals surface area contributed by atoms with Crippen molar-refractivity contribution in [1.82, 2.24) is 0 Å². The monoisotopic (exact) mass is 508 g/mol. The van der Waals surface area contributed by atoms with E-state index in [9.17, 15) is 4.79 Å². The van der Waals surface area contributed by atoms with Crippen molar-refractivity contribution in [3.8, 4) is 0 Å². The molecule has 0 aliphatic heterocycles. The standard InChI is InChI=1S/C12H13O2.2C5H5.ClHO4.Zr/c1-2-3-9-12(13)14-10-11-7-5-4-6-8-11;2*1-2-4-5-3-1;2-1(3,4)5;/h1-2,4-8H,3,9-10H2;2*1-5H;(H,2,3,4,5);/q-1;;;;+2/p-1. The van der Waals surface area contributed by atoms with Crippen molar-refractivity contribution in [2.24, 2.45) is 0 Å². The van der Waals surface area contributed by atoms with Gasteiger partial charge in [0.25, 0.3) is 0 Å². The van der Waals surface area contributed by atoms with Crippen LogP contribution in [0.1, 0.15) is 18.4 Å². The summed E-state index contributed by atoms with van der Waals surface area (Å²) in [6.45, 7) is 5.49. The van der Waals surface area contributed by atoms with Crippen LogP contribution >= 0.6 is 0 Å². The quantitative estimate of drug-likeness (QED) is 0.400. The van der Waals surface area contributed by atoms with E-state index in [4.69, 9.17) is 30.0 Å². The van der Waals surface area contributed by atoms with Crippen molar-refractivity contribution in [1.29, 1.82) is 0 Å². The summed E-state index contributed by atoms with van der Waals surface area (Å²) in [5.41, 5.74) is 0.998. The molecule has 10 radical (unpaired) electrons. The number of allylic oxidation sites excluding steroid dienone is 1. The van der Waals surface area contributed by atoms with Crippen molar-refractivity contribution >= 4 is 5.97 Å². The molecular formula is C22H23ClO6Zr. The minimum atomic E-state index is -4.94. The zero-order valence-electron chi connectivity index (χ0n) is 16.3. The fraction of sp³-hybridized carbons (Fsp3) is 0.136. The Morgan fingerprint density at radius 2 is 1.20 bits per heavy atom. The Hall–Kier alpha value is -0.557. The molecule has 0 bridgehead atoms. The summed E-state index contributed by atoms with van der Waals surface area (Å²) >= 11 is 0. The van der Waals surface area contributed by atoms with Crippen LogP contribution in [-0.4, -0.2) is 5.97 Å². The molecule has 1 aromatic carbocycles. The van der Waals surface area contributed by atoms with E-state index >= 15 is 0 Å². The topological polar surface area (TPSA) is 119 Å². The molecule has 0 atom stereocenters. The molecule has 0 N–H and O–H groups in total. The van der Waals surface area contributed by atoms with E-state index in [1.807, 2.05) is 94.5 Å². The Kier molecular flexibility index (Phi) is 22.8. The largest absolute Gasteiger partial charge is 2.00 e. The van der Waals surface area contributed by atoms with E-state index in [1.54, 1.807) is 0 Å². The summed E-state index contributed by atoms with van der Waals surface area (Å²) in [7, 11) is -4.94. The molecule has 8 heteroatoms. The Labute approximate surface area is 202 Å². The molecule has 2 fully saturated rings. The Bertz CT molecular complexity index is 483. The van der Waals surface area contributed by atoms with Gasteiger partial charge in [-0.2, -0.15) is 0 Å². The Balaban J connectivity index is 0. The molecule has 1 aromatic rings. The van der Waals surface area contributed by atoms with E-state index in [-0.39, 0.29) is 32.2 Å². The van der Waals surface area contributed by atoms with Crippen molar-refractivity contribution in [3.63, 3.8) is 0 Å². The minimum Gasteiger partial charge on any atom is -0.518 e. The number of benzene rings is 1. The third kappa shape index (κ3) is 27.4. The molecule has 158 valence electrons. The van der Waals surface area contributed by atoms with E-state index < -0.39 is 10.2 Å². The summed E-state index contributed by atoms with van der Waals surface area (Å²) in [6.07, 6.45) is 22.4. The Morgan fingerprint density at radius 1 is 0.833 bits per heavy atom. The average Bonchev–Trinajstić information content (AvgIpc) is 3.43. The molecule has 0 amide bonds. The average molecular weight is 510 g/mol. The van der Waals surface area contributed by atoms with Crippen LogP contribution in [0.5, 0.6) is 0 Å². The normalized spacial score (nSPS) is 14.4. The number of halogens is 1. The van der Waals surface area contributed by atoms with Gasteiger partial charge in [0.15, 0.2) is 0 Å². The first-order chi connectivity index (χ1) is 13.8. The number of carbonyl (C=O) groups excluding carboxylic acids is 1. The van der Waals surface area contributed by atoms with E-state index in [2.05, 4.69) is 0 Å². The van der Waals surface area contributed by atoms with Gasteiger partial charge in [-0.05, 0) is 69.8 Å². The molecular weight excluding hydrogens is 487 g/mol.